The lowest BCUT2D eigenvalue weighted by molar-refractivity contribution is -0.126. The van der Waals surface area contributed by atoms with Crippen molar-refractivity contribution in [2.75, 3.05) is 31.7 Å². The molecule has 110 valence electrons. The molecule has 0 aliphatic carbocycles. The molecule has 1 saturated heterocycles. The fraction of sp³-hybridized carbons (Fsp3) is 0.643. The molecule has 1 aliphatic heterocycles. The third kappa shape index (κ3) is 3.90. The van der Waals surface area contributed by atoms with E-state index in [0.29, 0.717) is 13.2 Å². The Hall–Kier alpha value is -1.69. The van der Waals surface area contributed by atoms with Crippen LogP contribution in [0, 0.1) is 5.92 Å². The van der Waals surface area contributed by atoms with Crippen LogP contribution in [0.3, 0.4) is 0 Å². The normalized spacial score (nSPS) is 20.5. The van der Waals surface area contributed by atoms with Crippen LogP contribution < -0.4 is 10.2 Å². The average Bonchev–Trinajstić information content (AvgIpc) is 2.48. The van der Waals surface area contributed by atoms with Gasteiger partial charge in [-0.3, -0.25) is 9.78 Å². The van der Waals surface area contributed by atoms with E-state index in [1.54, 1.807) is 25.7 Å². The molecule has 0 bridgehead atoms. The third-order valence-corrected chi connectivity index (χ3v) is 3.47. The molecular weight excluding hydrogens is 256 g/mol. The van der Waals surface area contributed by atoms with E-state index in [1.165, 1.54) is 0 Å². The number of hydrogen-bond donors (Lipinski definition) is 1. The van der Waals surface area contributed by atoms with Gasteiger partial charge in [0.15, 0.2) is 0 Å². The number of aromatic nitrogens is 2. The quantitative estimate of drug-likeness (QED) is 0.864. The van der Waals surface area contributed by atoms with Crippen LogP contribution in [-0.4, -0.2) is 48.7 Å². The smallest absolute Gasteiger partial charge is 0.225 e. The van der Waals surface area contributed by atoms with Crippen molar-refractivity contribution in [3.8, 4) is 0 Å². The Labute approximate surface area is 119 Å². The maximum atomic E-state index is 12.2. The summed E-state index contributed by atoms with van der Waals surface area (Å²) in [6.45, 7) is 4.11. The van der Waals surface area contributed by atoms with Crippen molar-refractivity contribution in [2.45, 2.75) is 25.8 Å². The first-order valence-electron chi connectivity index (χ1n) is 7.01. The summed E-state index contributed by atoms with van der Waals surface area (Å²) in [4.78, 5) is 22.7. The van der Waals surface area contributed by atoms with Gasteiger partial charge in [-0.1, -0.05) is 0 Å². The molecule has 0 spiro atoms. The van der Waals surface area contributed by atoms with E-state index in [4.69, 9.17) is 4.74 Å². The van der Waals surface area contributed by atoms with E-state index < -0.39 is 0 Å². The molecule has 0 radical (unpaired) electrons. The van der Waals surface area contributed by atoms with Crippen LogP contribution >= 0.6 is 0 Å². The standard InChI is InChI=1S/C14H22N4O2/c1-11(10-20-2)17-14(19)12-4-3-7-18(9-12)13-8-15-5-6-16-13/h5-6,8,11-12H,3-4,7,9-10H2,1-2H3,(H,17,19)/t11-,12+/m1/s1. The van der Waals surface area contributed by atoms with Crippen LogP contribution in [0.2, 0.25) is 0 Å². The lowest BCUT2D eigenvalue weighted by Gasteiger charge is -2.33. The van der Waals surface area contributed by atoms with Crippen molar-refractivity contribution >= 4 is 11.7 Å². The summed E-state index contributed by atoms with van der Waals surface area (Å²) in [7, 11) is 1.64. The van der Waals surface area contributed by atoms with E-state index in [2.05, 4.69) is 20.2 Å². The van der Waals surface area contributed by atoms with Gasteiger partial charge < -0.3 is 15.0 Å². The molecule has 6 heteroatoms. The molecule has 20 heavy (non-hydrogen) atoms. The number of hydrogen-bond acceptors (Lipinski definition) is 5. The predicted octanol–water partition coefficient (Wildman–Crippen LogP) is 0.844. The number of nitrogens with one attached hydrogen (secondary N) is 1. The number of piperidine rings is 1. The average molecular weight is 278 g/mol. The number of carbonyl (C=O) groups is 1. The van der Waals surface area contributed by atoms with Crippen LogP contribution in [0.1, 0.15) is 19.8 Å². The van der Waals surface area contributed by atoms with Gasteiger partial charge in [-0.25, -0.2) is 4.98 Å². The van der Waals surface area contributed by atoms with Gasteiger partial charge in [0, 0.05) is 38.6 Å². The van der Waals surface area contributed by atoms with Crippen molar-refractivity contribution in [3.05, 3.63) is 18.6 Å². The predicted molar refractivity (Wildman–Crippen MR) is 76.4 cm³/mol. The summed E-state index contributed by atoms with van der Waals surface area (Å²) >= 11 is 0. The highest BCUT2D eigenvalue weighted by Gasteiger charge is 2.27. The zero-order valence-electron chi connectivity index (χ0n) is 12.1. The number of carbonyl (C=O) groups excluding carboxylic acids is 1. The second-order valence-corrected chi connectivity index (χ2v) is 5.21. The number of rotatable bonds is 5. The molecule has 1 aromatic rings. The molecule has 0 aromatic carbocycles. The second-order valence-electron chi connectivity index (χ2n) is 5.21. The first kappa shape index (κ1) is 14.7. The van der Waals surface area contributed by atoms with Gasteiger partial charge in [0.1, 0.15) is 5.82 Å². The molecule has 2 rings (SSSR count). The van der Waals surface area contributed by atoms with E-state index in [-0.39, 0.29) is 17.9 Å². The summed E-state index contributed by atoms with van der Waals surface area (Å²) in [6, 6.07) is 0.0411. The summed E-state index contributed by atoms with van der Waals surface area (Å²) in [5, 5.41) is 3.00. The molecule has 1 fully saturated rings. The van der Waals surface area contributed by atoms with Gasteiger partial charge >= 0.3 is 0 Å². The number of methoxy groups -OCH3 is 1. The molecule has 1 aliphatic rings. The fourth-order valence-corrected chi connectivity index (χ4v) is 2.51. The van der Waals surface area contributed by atoms with Crippen LogP contribution in [0.15, 0.2) is 18.6 Å². The Morgan fingerprint density at radius 3 is 3.15 bits per heavy atom. The molecule has 1 amide bonds. The molecule has 0 unspecified atom stereocenters. The maximum Gasteiger partial charge on any atom is 0.225 e. The first-order chi connectivity index (χ1) is 9.70. The SMILES string of the molecule is COC[C@@H](C)NC(=O)[C@H]1CCCN(c2cnccn2)C1. The fourth-order valence-electron chi connectivity index (χ4n) is 2.51. The highest BCUT2D eigenvalue weighted by molar-refractivity contribution is 5.79. The van der Waals surface area contributed by atoms with Crippen molar-refractivity contribution in [1.82, 2.24) is 15.3 Å². The minimum absolute atomic E-state index is 0.00469. The van der Waals surface area contributed by atoms with Gasteiger partial charge in [0.2, 0.25) is 5.91 Å². The molecule has 1 N–H and O–H groups in total. The number of ether oxygens (including phenoxy) is 1. The van der Waals surface area contributed by atoms with Crippen LogP contribution in [0.5, 0.6) is 0 Å². The zero-order valence-corrected chi connectivity index (χ0v) is 12.1. The Balaban J connectivity index is 1.91. The first-order valence-corrected chi connectivity index (χ1v) is 7.01. The molecule has 2 atom stereocenters. The molecular formula is C14H22N4O2. The summed E-state index contributed by atoms with van der Waals surface area (Å²) < 4.78 is 5.04. The monoisotopic (exact) mass is 278 g/mol. The Kier molecular flexibility index (Phi) is 5.29. The van der Waals surface area contributed by atoms with Crippen molar-refractivity contribution in [1.29, 1.82) is 0 Å². The van der Waals surface area contributed by atoms with Gasteiger partial charge in [0.05, 0.1) is 18.7 Å². The lowest BCUT2D eigenvalue weighted by Crippen LogP contribution is -2.46. The minimum Gasteiger partial charge on any atom is -0.383 e. The molecule has 1 aromatic heterocycles. The van der Waals surface area contributed by atoms with E-state index in [0.717, 1.165) is 25.2 Å². The van der Waals surface area contributed by atoms with Crippen LogP contribution in [0.25, 0.3) is 0 Å². The molecule has 6 nitrogen and oxygen atoms in total. The Morgan fingerprint density at radius 1 is 1.60 bits per heavy atom. The Bertz CT molecular complexity index is 426. The summed E-state index contributed by atoms with van der Waals surface area (Å²) in [5.74, 6) is 0.947. The maximum absolute atomic E-state index is 12.2. The zero-order chi connectivity index (χ0) is 14.4. The van der Waals surface area contributed by atoms with Gasteiger partial charge in [-0.05, 0) is 19.8 Å². The lowest BCUT2D eigenvalue weighted by atomic mass is 9.97. The number of anilines is 1. The van der Waals surface area contributed by atoms with E-state index in [9.17, 15) is 4.79 Å². The van der Waals surface area contributed by atoms with Gasteiger partial charge in [-0.2, -0.15) is 0 Å². The van der Waals surface area contributed by atoms with E-state index >= 15 is 0 Å². The highest BCUT2D eigenvalue weighted by Crippen LogP contribution is 2.21. The van der Waals surface area contributed by atoms with Crippen molar-refractivity contribution in [2.24, 2.45) is 5.92 Å². The van der Waals surface area contributed by atoms with Gasteiger partial charge in [0.25, 0.3) is 0 Å². The Morgan fingerprint density at radius 2 is 2.45 bits per heavy atom. The van der Waals surface area contributed by atoms with Gasteiger partial charge in [-0.15, -0.1) is 0 Å². The van der Waals surface area contributed by atoms with Crippen LogP contribution in [0.4, 0.5) is 5.82 Å². The minimum atomic E-state index is 0.00469. The molecule has 2 heterocycles. The topological polar surface area (TPSA) is 67.3 Å². The van der Waals surface area contributed by atoms with Crippen molar-refractivity contribution < 1.29 is 9.53 Å². The largest absolute Gasteiger partial charge is 0.383 e. The van der Waals surface area contributed by atoms with E-state index in [1.807, 2.05) is 6.92 Å². The number of amides is 1. The third-order valence-electron chi connectivity index (χ3n) is 3.47. The van der Waals surface area contributed by atoms with Crippen molar-refractivity contribution in [3.63, 3.8) is 0 Å². The highest BCUT2D eigenvalue weighted by atomic mass is 16.5. The van der Waals surface area contributed by atoms with Crippen LogP contribution in [-0.2, 0) is 9.53 Å². The summed E-state index contributed by atoms with van der Waals surface area (Å²) in [6.07, 6.45) is 6.99. The number of nitrogens with zero attached hydrogens (tertiary/aromatic N) is 3. The summed E-state index contributed by atoms with van der Waals surface area (Å²) in [5.41, 5.74) is 0. The molecule has 0 saturated carbocycles. The second kappa shape index (κ2) is 7.19.